The monoisotopic (exact) mass is 655 g/mol. The van der Waals surface area contributed by atoms with Crippen molar-refractivity contribution in [1.82, 2.24) is 24.1 Å². The lowest BCUT2D eigenvalue weighted by atomic mass is 10.1. The molecule has 7 heteroatoms. The molecule has 0 saturated heterocycles. The van der Waals surface area contributed by atoms with Crippen molar-refractivity contribution in [3.05, 3.63) is 175 Å². The molecule has 240 valence electrons. The van der Waals surface area contributed by atoms with Crippen molar-refractivity contribution in [3.63, 3.8) is 0 Å². The fourth-order valence-electron chi connectivity index (χ4n) is 7.46. The minimum atomic E-state index is 0.128. The van der Waals surface area contributed by atoms with Crippen LogP contribution in [0.2, 0.25) is 0 Å². The van der Waals surface area contributed by atoms with Gasteiger partial charge in [-0.2, -0.15) is 4.99 Å². The molecule has 0 fully saturated rings. The van der Waals surface area contributed by atoms with Crippen molar-refractivity contribution < 1.29 is 0 Å². The first-order chi connectivity index (χ1) is 25.2. The van der Waals surface area contributed by atoms with Crippen molar-refractivity contribution in [3.8, 4) is 22.6 Å². The normalized spacial score (nSPS) is 12.1. The minimum Gasteiger partial charge on any atom is -0.323 e. The van der Waals surface area contributed by atoms with Crippen molar-refractivity contribution in [2.75, 3.05) is 0 Å². The van der Waals surface area contributed by atoms with Crippen LogP contribution in [0.25, 0.3) is 77.1 Å². The van der Waals surface area contributed by atoms with Crippen LogP contribution in [0.15, 0.2) is 169 Å². The molecule has 4 aromatic heterocycles. The maximum absolute atomic E-state index is 9.00. The van der Waals surface area contributed by atoms with Crippen molar-refractivity contribution >= 4 is 60.4 Å². The number of nitrogens with one attached hydrogen (secondary N) is 2. The summed E-state index contributed by atoms with van der Waals surface area (Å²) in [7, 11) is 0. The smallest absolute Gasteiger partial charge is 0.229 e. The lowest BCUT2D eigenvalue weighted by Gasteiger charge is -2.11. The number of benzene rings is 6. The van der Waals surface area contributed by atoms with Crippen LogP contribution in [-0.4, -0.2) is 29.9 Å². The highest BCUT2D eigenvalue weighted by Gasteiger charge is 2.20. The molecule has 10 rings (SSSR count). The fourth-order valence-corrected chi connectivity index (χ4v) is 7.46. The summed E-state index contributed by atoms with van der Waals surface area (Å²) in [5, 5.41) is 14.7. The molecule has 6 aromatic carbocycles. The number of para-hydroxylation sites is 3. The molecule has 0 bridgehead atoms. The Morgan fingerprint density at radius 3 is 2.06 bits per heavy atom. The molecule has 0 aliphatic carbocycles. The lowest BCUT2D eigenvalue weighted by Crippen LogP contribution is -2.17. The highest BCUT2D eigenvalue weighted by Crippen LogP contribution is 2.41. The summed E-state index contributed by atoms with van der Waals surface area (Å²) in [6, 6.07) is 51.9. The van der Waals surface area contributed by atoms with Crippen LogP contribution in [0.4, 0.5) is 0 Å². The first kappa shape index (κ1) is 28.9. The van der Waals surface area contributed by atoms with Gasteiger partial charge in [-0.1, -0.05) is 91.0 Å². The third kappa shape index (κ3) is 4.60. The molecule has 4 heterocycles. The molecule has 2 N–H and O–H groups in total. The average molecular weight is 656 g/mol. The number of aromatic nitrogens is 5. The van der Waals surface area contributed by atoms with Gasteiger partial charge in [0, 0.05) is 49.9 Å². The largest absolute Gasteiger partial charge is 0.323 e. The Bertz CT molecular complexity index is 3020. The highest BCUT2D eigenvalue weighted by molar-refractivity contribution is 6.26. The number of pyridine rings is 1. The van der Waals surface area contributed by atoms with E-state index in [2.05, 4.69) is 103 Å². The molecular weight excluding hydrogens is 627 g/mol. The third-order valence-corrected chi connectivity index (χ3v) is 9.68. The van der Waals surface area contributed by atoms with Gasteiger partial charge in [0.25, 0.3) is 0 Å². The summed E-state index contributed by atoms with van der Waals surface area (Å²) >= 11 is 0. The van der Waals surface area contributed by atoms with Crippen LogP contribution >= 0.6 is 0 Å². The van der Waals surface area contributed by atoms with Crippen LogP contribution in [0.3, 0.4) is 0 Å². The second-order valence-electron chi connectivity index (χ2n) is 12.6. The Hall–Kier alpha value is -7.12. The molecule has 0 amide bonds. The number of fused-ring (bicyclic) bond motifs is 8. The number of hydrogen-bond donors (Lipinski definition) is 2. The van der Waals surface area contributed by atoms with E-state index in [-0.39, 0.29) is 5.84 Å². The van der Waals surface area contributed by atoms with Gasteiger partial charge in [0.2, 0.25) is 5.62 Å². The van der Waals surface area contributed by atoms with Crippen LogP contribution in [-0.2, 0) is 0 Å². The molecule has 0 atom stereocenters. The van der Waals surface area contributed by atoms with E-state index < -0.39 is 0 Å². The quantitative estimate of drug-likeness (QED) is 0.146. The Morgan fingerprint density at radius 1 is 0.569 bits per heavy atom. The second kappa shape index (κ2) is 11.5. The fraction of sp³-hybridized carbons (Fsp3) is 0. The first-order valence-electron chi connectivity index (χ1n) is 16.9. The van der Waals surface area contributed by atoms with Gasteiger partial charge in [0.1, 0.15) is 0 Å². The zero-order valence-corrected chi connectivity index (χ0v) is 27.3. The van der Waals surface area contributed by atoms with Gasteiger partial charge in [-0.15, -0.1) is 0 Å². The predicted molar refractivity (Wildman–Crippen MR) is 207 cm³/mol. The van der Waals surface area contributed by atoms with E-state index >= 15 is 0 Å². The first-order valence-corrected chi connectivity index (χ1v) is 16.9. The van der Waals surface area contributed by atoms with Gasteiger partial charge < -0.3 is 14.1 Å². The van der Waals surface area contributed by atoms with E-state index in [1.807, 2.05) is 85.2 Å². The molecule has 51 heavy (non-hydrogen) atoms. The maximum Gasteiger partial charge on any atom is 0.229 e. The van der Waals surface area contributed by atoms with E-state index in [0.717, 1.165) is 55.6 Å². The van der Waals surface area contributed by atoms with Crippen molar-refractivity contribution in [2.45, 2.75) is 0 Å². The number of hydrogen-bond acceptors (Lipinski definition) is 3. The number of aromatic amines is 1. The van der Waals surface area contributed by atoms with Crippen LogP contribution in [0.1, 0.15) is 5.56 Å². The molecule has 0 saturated carbocycles. The Kier molecular flexibility index (Phi) is 6.50. The van der Waals surface area contributed by atoms with Crippen LogP contribution in [0.5, 0.6) is 0 Å². The number of H-pyrrole nitrogens is 1. The van der Waals surface area contributed by atoms with Crippen LogP contribution < -0.4 is 5.62 Å². The van der Waals surface area contributed by atoms with Gasteiger partial charge in [0.05, 0.1) is 45.2 Å². The van der Waals surface area contributed by atoms with Gasteiger partial charge in [-0.3, -0.25) is 10.4 Å². The van der Waals surface area contributed by atoms with Crippen LogP contribution in [0, 0.1) is 5.41 Å². The Labute approximate surface area is 292 Å². The SMILES string of the molecule is N=C(N=c1nc(-c2ccccc2)c2ccccc2[nH]1)c1ccc(-n2c3ccccc3c3ccc4c(c5ccccc5n4-c4cccnc4)c32)cc1. The Balaban J connectivity index is 1.14. The number of amidine groups is 1. The van der Waals surface area contributed by atoms with E-state index in [0.29, 0.717) is 11.2 Å². The summed E-state index contributed by atoms with van der Waals surface area (Å²) in [5.74, 6) is 0.128. The molecule has 0 aliphatic heterocycles. The standard InChI is InChI=1S/C44H29N7/c45-43(49-44-47-36-17-7-4-15-34(36)41(48-44)28-11-2-1-3-12-28)29-20-22-30(23-21-29)51-37-18-8-5-14-32(37)33-24-25-39-40(42(33)51)35-16-6-9-19-38(35)50(39)31-13-10-26-46-27-31/h1-27H,(H2,45,47,48,49). The molecule has 0 unspecified atom stereocenters. The molecule has 0 aliphatic rings. The summed E-state index contributed by atoms with van der Waals surface area (Å²) < 4.78 is 4.65. The summed E-state index contributed by atoms with van der Waals surface area (Å²) in [6.07, 6.45) is 3.72. The lowest BCUT2D eigenvalue weighted by molar-refractivity contribution is 1.05. The highest BCUT2D eigenvalue weighted by atomic mass is 15.0. The third-order valence-electron chi connectivity index (χ3n) is 9.68. The Morgan fingerprint density at radius 2 is 1.27 bits per heavy atom. The molecule has 0 spiro atoms. The van der Waals surface area contributed by atoms with Gasteiger partial charge in [0.15, 0.2) is 5.84 Å². The zero-order valence-electron chi connectivity index (χ0n) is 27.3. The molecule has 10 aromatic rings. The summed E-state index contributed by atoms with van der Waals surface area (Å²) in [6.45, 7) is 0. The average Bonchev–Trinajstić information content (AvgIpc) is 3.71. The van der Waals surface area contributed by atoms with E-state index in [1.54, 1.807) is 0 Å². The molecule has 7 nitrogen and oxygen atoms in total. The van der Waals surface area contributed by atoms with E-state index in [1.165, 1.54) is 21.5 Å². The minimum absolute atomic E-state index is 0.128. The van der Waals surface area contributed by atoms with Crippen molar-refractivity contribution in [1.29, 1.82) is 5.41 Å². The topological polar surface area (TPSA) is 87.6 Å². The van der Waals surface area contributed by atoms with E-state index in [4.69, 9.17) is 10.4 Å². The molecular formula is C44H29N7. The predicted octanol–water partition coefficient (Wildman–Crippen LogP) is 9.75. The zero-order chi connectivity index (χ0) is 33.9. The summed E-state index contributed by atoms with van der Waals surface area (Å²) in [5.41, 5.74) is 10.4. The maximum atomic E-state index is 9.00. The molecule has 0 radical (unpaired) electrons. The summed E-state index contributed by atoms with van der Waals surface area (Å²) in [4.78, 5) is 17.3. The second-order valence-corrected chi connectivity index (χ2v) is 12.6. The van der Waals surface area contributed by atoms with Gasteiger partial charge >= 0.3 is 0 Å². The number of nitrogens with zero attached hydrogens (tertiary/aromatic N) is 5. The van der Waals surface area contributed by atoms with E-state index in [9.17, 15) is 0 Å². The van der Waals surface area contributed by atoms with Gasteiger partial charge in [-0.25, -0.2) is 4.98 Å². The van der Waals surface area contributed by atoms with Crippen molar-refractivity contribution in [2.24, 2.45) is 4.99 Å². The van der Waals surface area contributed by atoms with Gasteiger partial charge in [-0.05, 0) is 60.7 Å². The number of rotatable bonds is 4.